The number of ether oxygens (including phenoxy) is 1. The smallest absolute Gasteiger partial charge is 0.352 e. The fourth-order valence-electron chi connectivity index (χ4n) is 3.93. The number of aryl methyl sites for hydroxylation is 1. The van der Waals surface area contributed by atoms with Gasteiger partial charge in [0.15, 0.2) is 5.12 Å². The first kappa shape index (κ1) is 34.3. The molecule has 0 spiro atoms. The van der Waals surface area contributed by atoms with E-state index in [9.17, 15) is 18.9 Å². The minimum Gasteiger partial charge on any atom is -0.352 e. The van der Waals surface area contributed by atoms with Crippen LogP contribution < -0.4 is 11.2 Å². The first-order valence-corrected chi connectivity index (χ1v) is 16.2. The number of rotatable bonds is 16. The lowest BCUT2D eigenvalue weighted by molar-refractivity contribution is -0.117. The second-order valence-electron chi connectivity index (χ2n) is 10.8. The molecule has 1 aromatic rings. The third-order valence-electron chi connectivity index (χ3n) is 6.33. The number of azide groups is 1. The Labute approximate surface area is 239 Å². The van der Waals surface area contributed by atoms with Crippen LogP contribution in [-0.2, 0) is 23.1 Å². The monoisotopic (exact) mass is 602 g/mol. The fourth-order valence-corrected chi connectivity index (χ4v) is 6.67. The zero-order valence-corrected chi connectivity index (χ0v) is 26.0. The number of hydrogen-bond donors (Lipinski definition) is 1. The van der Waals surface area contributed by atoms with E-state index in [4.69, 9.17) is 19.3 Å². The number of unbranched alkanes of at least 4 members (excludes halogenated alkanes) is 2. The predicted molar refractivity (Wildman–Crippen MR) is 155 cm³/mol. The molecule has 2 heterocycles. The number of nitrogens with one attached hydrogen (secondary N) is 1. The number of H-pyrrole nitrogens is 1. The Bertz CT molecular complexity index is 1190. The van der Waals surface area contributed by atoms with Gasteiger partial charge in [-0.2, -0.15) is 0 Å². The molecule has 4 atom stereocenters. The summed E-state index contributed by atoms with van der Waals surface area (Å²) in [4.78, 5) is 41.7. The van der Waals surface area contributed by atoms with Gasteiger partial charge in [-0.05, 0) is 25.3 Å². The topological polar surface area (TPSA) is 169 Å². The maximum Gasteiger partial charge on any atom is 0.408 e. The van der Waals surface area contributed by atoms with Gasteiger partial charge in [0.05, 0.1) is 25.4 Å². The van der Waals surface area contributed by atoms with Gasteiger partial charge in [0.1, 0.15) is 6.23 Å². The number of aromatic amines is 1. The largest absolute Gasteiger partial charge is 0.408 e. The van der Waals surface area contributed by atoms with Crippen LogP contribution in [0.4, 0.5) is 0 Å². The summed E-state index contributed by atoms with van der Waals surface area (Å²) in [5.74, 6) is 0.316. The molecule has 226 valence electrons. The molecule has 0 amide bonds. The first-order chi connectivity index (χ1) is 18.9. The molecule has 1 aromatic heterocycles. The summed E-state index contributed by atoms with van der Waals surface area (Å²) in [5, 5.41) is 3.83. The summed E-state index contributed by atoms with van der Waals surface area (Å²) in [6, 6.07) is -0.706. The molecule has 40 heavy (non-hydrogen) atoms. The van der Waals surface area contributed by atoms with Crippen molar-refractivity contribution in [2.45, 2.75) is 92.0 Å². The van der Waals surface area contributed by atoms with Crippen molar-refractivity contribution in [2.75, 3.05) is 32.1 Å². The van der Waals surface area contributed by atoms with Gasteiger partial charge in [0.2, 0.25) is 0 Å². The molecule has 2 rings (SSSR count). The molecule has 1 saturated heterocycles. The van der Waals surface area contributed by atoms with Crippen LogP contribution in [0.3, 0.4) is 0 Å². The lowest BCUT2D eigenvalue weighted by Crippen LogP contribution is -2.33. The Morgan fingerprint density at radius 3 is 2.50 bits per heavy atom. The molecule has 1 aliphatic heterocycles. The number of thioether (sulfide) groups is 1. The van der Waals surface area contributed by atoms with E-state index in [2.05, 4.69) is 15.0 Å². The van der Waals surface area contributed by atoms with Crippen molar-refractivity contribution in [1.82, 2.24) is 14.2 Å². The van der Waals surface area contributed by atoms with Gasteiger partial charge >= 0.3 is 13.4 Å². The highest BCUT2D eigenvalue weighted by Gasteiger charge is 2.40. The maximum atomic E-state index is 14.2. The standard InChI is InChI=1S/C25H43N6O7PS/c1-7-9-11-30(12-10-8-2)39(35,36-13-14-40-23(33)25(4,5)6)37-17-20-19(28-29-26)15-21(38-20)31-16-18(3)22(32)27-24(31)34/h16,19-21H,7-15,17H2,1-6H3,(H,27,32,34)/t19-,20+,21+,39?/m0/s1. The molecule has 0 saturated carbocycles. The summed E-state index contributed by atoms with van der Waals surface area (Å²) >= 11 is 1.13. The minimum atomic E-state index is -3.83. The van der Waals surface area contributed by atoms with Crippen molar-refractivity contribution in [3.05, 3.63) is 43.0 Å². The molecule has 0 bridgehead atoms. The van der Waals surface area contributed by atoms with Crippen molar-refractivity contribution in [3.63, 3.8) is 0 Å². The van der Waals surface area contributed by atoms with Gasteiger partial charge in [-0.15, -0.1) is 0 Å². The van der Waals surface area contributed by atoms with Crippen molar-refractivity contribution < 1.29 is 23.1 Å². The fraction of sp³-hybridized carbons (Fsp3) is 0.800. The maximum absolute atomic E-state index is 14.2. The predicted octanol–water partition coefficient (Wildman–Crippen LogP) is 5.16. The van der Waals surface area contributed by atoms with Crippen LogP contribution in [0.25, 0.3) is 10.4 Å². The average molecular weight is 603 g/mol. The van der Waals surface area contributed by atoms with Crippen LogP contribution in [0.5, 0.6) is 0 Å². The SMILES string of the molecule is CCCCN(CCCC)P(=O)(OCCSC(=O)C(C)(C)C)OC[C@H]1O[C@@H](n2cc(C)c(=O)[nH]c2=O)C[C@@H]1N=[N+]=[N-]. The molecule has 1 unspecified atom stereocenters. The molecule has 1 aliphatic rings. The number of carbonyl (C=O) groups excluding carboxylic acids is 1. The number of aromatic nitrogens is 2. The second-order valence-corrected chi connectivity index (χ2v) is 13.8. The van der Waals surface area contributed by atoms with Crippen molar-refractivity contribution >= 4 is 24.6 Å². The summed E-state index contributed by atoms with van der Waals surface area (Å²) in [7, 11) is -3.83. The van der Waals surface area contributed by atoms with Gasteiger partial charge in [-0.3, -0.25) is 28.2 Å². The van der Waals surface area contributed by atoms with Crippen molar-refractivity contribution in [1.29, 1.82) is 0 Å². The number of hydrogen-bond acceptors (Lipinski definition) is 9. The lowest BCUT2D eigenvalue weighted by atomic mass is 10.00. The Kier molecular flexibility index (Phi) is 13.6. The van der Waals surface area contributed by atoms with Crippen LogP contribution in [-0.4, -0.2) is 63.5 Å². The van der Waals surface area contributed by atoms with Gasteiger partial charge in [0.25, 0.3) is 5.56 Å². The molecule has 1 N–H and O–H groups in total. The van der Waals surface area contributed by atoms with Gasteiger partial charge in [-0.1, -0.05) is 64.3 Å². The summed E-state index contributed by atoms with van der Waals surface area (Å²) < 4.78 is 35.1. The normalized spacial score (nSPS) is 20.8. The minimum absolute atomic E-state index is 0.0102. The number of nitrogens with zero attached hydrogens (tertiary/aromatic N) is 5. The molecule has 0 aliphatic carbocycles. The molecule has 0 radical (unpaired) electrons. The Morgan fingerprint density at radius 1 is 1.27 bits per heavy atom. The van der Waals surface area contributed by atoms with Crippen LogP contribution in [0.15, 0.2) is 20.9 Å². The highest BCUT2D eigenvalue weighted by Crippen LogP contribution is 2.53. The molecular weight excluding hydrogens is 559 g/mol. The molecular formula is C25H43N6O7PS. The highest BCUT2D eigenvalue weighted by molar-refractivity contribution is 8.13. The second kappa shape index (κ2) is 15.9. The average Bonchev–Trinajstić information content (AvgIpc) is 3.29. The van der Waals surface area contributed by atoms with E-state index >= 15 is 0 Å². The zero-order chi connectivity index (χ0) is 29.9. The van der Waals surface area contributed by atoms with E-state index in [1.807, 2.05) is 34.6 Å². The molecule has 13 nitrogen and oxygen atoms in total. The Balaban J connectivity index is 2.23. The van der Waals surface area contributed by atoms with E-state index < -0.39 is 42.8 Å². The van der Waals surface area contributed by atoms with E-state index in [-0.39, 0.29) is 24.7 Å². The van der Waals surface area contributed by atoms with E-state index in [1.54, 1.807) is 11.6 Å². The quantitative estimate of drug-likeness (QED) is 0.0883. The molecule has 0 aromatic carbocycles. The lowest BCUT2D eigenvalue weighted by Gasteiger charge is -2.31. The van der Waals surface area contributed by atoms with E-state index in [0.717, 1.165) is 37.4 Å². The summed E-state index contributed by atoms with van der Waals surface area (Å²) in [5.41, 5.74) is 7.80. The van der Waals surface area contributed by atoms with Gasteiger partial charge in [-0.25, -0.2) is 14.0 Å². The van der Waals surface area contributed by atoms with E-state index in [0.29, 0.717) is 24.4 Å². The van der Waals surface area contributed by atoms with Gasteiger partial charge < -0.3 is 4.74 Å². The van der Waals surface area contributed by atoms with Crippen LogP contribution >= 0.6 is 19.5 Å². The van der Waals surface area contributed by atoms with E-state index in [1.165, 1.54) is 10.8 Å². The van der Waals surface area contributed by atoms with Crippen LogP contribution in [0.1, 0.15) is 78.5 Å². The third-order valence-corrected chi connectivity index (χ3v) is 9.65. The summed E-state index contributed by atoms with van der Waals surface area (Å²) in [6.45, 7) is 12.0. The molecule has 15 heteroatoms. The molecule has 1 fully saturated rings. The van der Waals surface area contributed by atoms with Gasteiger partial charge in [0, 0.05) is 47.4 Å². The Hall–Kier alpha value is -1.92. The van der Waals surface area contributed by atoms with Crippen molar-refractivity contribution in [2.24, 2.45) is 10.5 Å². The zero-order valence-electron chi connectivity index (χ0n) is 24.3. The van der Waals surface area contributed by atoms with Crippen molar-refractivity contribution in [3.8, 4) is 0 Å². The number of carbonyl (C=O) groups is 1. The van der Waals surface area contributed by atoms with Crippen LogP contribution in [0.2, 0.25) is 0 Å². The highest BCUT2D eigenvalue weighted by atomic mass is 32.2. The third kappa shape index (κ3) is 9.87. The summed E-state index contributed by atoms with van der Waals surface area (Å²) in [6.07, 6.45) is 3.28. The Morgan fingerprint density at radius 2 is 1.93 bits per heavy atom. The van der Waals surface area contributed by atoms with Crippen LogP contribution in [0, 0.1) is 12.3 Å². The first-order valence-electron chi connectivity index (χ1n) is 13.7.